The molecule has 1 aromatic heterocycles. The van der Waals surface area contributed by atoms with Gasteiger partial charge in [0.1, 0.15) is 12.4 Å². The van der Waals surface area contributed by atoms with E-state index in [2.05, 4.69) is 15.3 Å². The average molecular weight is 238 g/mol. The first-order chi connectivity index (χ1) is 7.35. The van der Waals surface area contributed by atoms with E-state index in [1.54, 1.807) is 14.0 Å². The van der Waals surface area contributed by atoms with Gasteiger partial charge >= 0.3 is 6.18 Å². The van der Waals surface area contributed by atoms with E-state index < -0.39 is 12.8 Å². The van der Waals surface area contributed by atoms with Gasteiger partial charge in [-0.3, -0.25) is 4.68 Å². The lowest BCUT2D eigenvalue weighted by molar-refractivity contribution is -0.176. The van der Waals surface area contributed by atoms with Gasteiger partial charge in [-0.1, -0.05) is 0 Å². The summed E-state index contributed by atoms with van der Waals surface area (Å²) in [6.07, 6.45) is -4.33. The minimum absolute atomic E-state index is 0.182. The molecule has 8 heteroatoms. The fourth-order valence-corrected chi connectivity index (χ4v) is 1.32. The van der Waals surface area contributed by atoms with Crippen molar-refractivity contribution in [3.05, 3.63) is 11.3 Å². The number of aryl methyl sites for hydroxylation is 2. The summed E-state index contributed by atoms with van der Waals surface area (Å²) in [7, 11) is 1.63. The van der Waals surface area contributed by atoms with Crippen LogP contribution in [-0.2, 0) is 18.4 Å². The summed E-state index contributed by atoms with van der Waals surface area (Å²) in [6, 6.07) is 0. The maximum absolute atomic E-state index is 11.9. The molecule has 0 aliphatic carbocycles. The van der Waals surface area contributed by atoms with Gasteiger partial charge in [-0.2, -0.15) is 18.3 Å². The van der Waals surface area contributed by atoms with Crippen LogP contribution in [0.4, 0.5) is 19.0 Å². The van der Waals surface area contributed by atoms with E-state index >= 15 is 0 Å². The van der Waals surface area contributed by atoms with E-state index in [4.69, 9.17) is 5.84 Å². The maximum Gasteiger partial charge on any atom is 0.411 e. The number of nitrogens with zero attached hydrogens (tertiary/aromatic N) is 2. The van der Waals surface area contributed by atoms with E-state index in [9.17, 15) is 13.2 Å². The molecule has 0 unspecified atom stereocenters. The van der Waals surface area contributed by atoms with Gasteiger partial charge < -0.3 is 10.2 Å². The van der Waals surface area contributed by atoms with Crippen LogP contribution in [0.15, 0.2) is 0 Å². The molecule has 3 N–H and O–H groups in total. The molecule has 0 aliphatic heterocycles. The van der Waals surface area contributed by atoms with Crippen LogP contribution < -0.4 is 11.3 Å². The molecule has 92 valence electrons. The molecule has 0 atom stereocenters. The Morgan fingerprint density at radius 1 is 1.50 bits per heavy atom. The fraction of sp³-hybridized carbons (Fsp3) is 0.625. The van der Waals surface area contributed by atoms with Gasteiger partial charge in [-0.05, 0) is 6.92 Å². The first kappa shape index (κ1) is 12.8. The lowest BCUT2D eigenvalue weighted by Crippen LogP contribution is -2.18. The maximum atomic E-state index is 11.9. The van der Waals surface area contributed by atoms with Crippen LogP contribution in [0.1, 0.15) is 11.3 Å². The molecule has 1 rings (SSSR count). The minimum Gasteiger partial charge on any atom is -0.367 e. The van der Waals surface area contributed by atoms with Crippen LogP contribution in [0.5, 0.6) is 0 Å². The Morgan fingerprint density at radius 3 is 2.62 bits per heavy atom. The van der Waals surface area contributed by atoms with Crippen molar-refractivity contribution >= 4 is 5.82 Å². The molecule has 1 heterocycles. The van der Waals surface area contributed by atoms with Crippen molar-refractivity contribution in [3.63, 3.8) is 0 Å². The number of anilines is 1. The van der Waals surface area contributed by atoms with Crippen LogP contribution in [0.3, 0.4) is 0 Å². The van der Waals surface area contributed by atoms with Gasteiger partial charge in [0.15, 0.2) is 0 Å². The van der Waals surface area contributed by atoms with Gasteiger partial charge in [0.05, 0.1) is 12.3 Å². The van der Waals surface area contributed by atoms with E-state index in [1.165, 1.54) is 4.68 Å². The second-order valence-corrected chi connectivity index (χ2v) is 3.29. The highest BCUT2D eigenvalue weighted by molar-refractivity contribution is 5.45. The number of halogens is 3. The first-order valence-electron chi connectivity index (χ1n) is 4.48. The zero-order valence-electron chi connectivity index (χ0n) is 8.93. The van der Waals surface area contributed by atoms with Crippen molar-refractivity contribution in [2.24, 2.45) is 12.9 Å². The zero-order valence-corrected chi connectivity index (χ0v) is 8.93. The summed E-state index contributed by atoms with van der Waals surface area (Å²) in [5.74, 6) is 5.68. The van der Waals surface area contributed by atoms with Crippen molar-refractivity contribution in [1.29, 1.82) is 0 Å². The number of alkyl halides is 3. The third kappa shape index (κ3) is 3.11. The third-order valence-electron chi connectivity index (χ3n) is 2.00. The van der Waals surface area contributed by atoms with Crippen molar-refractivity contribution in [3.8, 4) is 0 Å². The van der Waals surface area contributed by atoms with Crippen LogP contribution in [0, 0.1) is 6.92 Å². The lowest BCUT2D eigenvalue weighted by atomic mass is 10.2. The van der Waals surface area contributed by atoms with Crippen molar-refractivity contribution in [2.75, 3.05) is 12.0 Å². The number of ether oxygens (including phenoxy) is 1. The number of aromatic nitrogens is 2. The number of hydrogen-bond donors (Lipinski definition) is 2. The third-order valence-corrected chi connectivity index (χ3v) is 2.00. The van der Waals surface area contributed by atoms with Gasteiger partial charge in [-0.15, -0.1) is 0 Å². The Morgan fingerprint density at radius 2 is 2.12 bits per heavy atom. The van der Waals surface area contributed by atoms with Gasteiger partial charge in [0, 0.05) is 12.6 Å². The van der Waals surface area contributed by atoms with E-state index in [-0.39, 0.29) is 6.61 Å². The standard InChI is InChI=1S/C8H13F3N4O/c1-5-6(3-16-4-8(9,10)11)7(13-12)15(2)14-5/h13H,3-4,12H2,1-2H3. The summed E-state index contributed by atoms with van der Waals surface area (Å²) in [5, 5.41) is 4.01. The molecule has 0 fully saturated rings. The Kier molecular flexibility index (Phi) is 3.76. The molecule has 0 aliphatic rings. The molecular formula is C8H13F3N4O. The second kappa shape index (κ2) is 4.71. The van der Waals surface area contributed by atoms with Crippen LogP contribution >= 0.6 is 0 Å². The highest BCUT2D eigenvalue weighted by Crippen LogP contribution is 2.20. The number of hydrazine groups is 1. The number of nitrogen functional groups attached to an aromatic ring is 1. The van der Waals surface area contributed by atoms with Crippen molar-refractivity contribution in [1.82, 2.24) is 9.78 Å². The van der Waals surface area contributed by atoms with Gasteiger partial charge in [-0.25, -0.2) is 5.84 Å². The molecule has 5 nitrogen and oxygen atoms in total. The first-order valence-corrected chi connectivity index (χ1v) is 4.48. The predicted octanol–water partition coefficient (Wildman–Crippen LogP) is 1.09. The zero-order chi connectivity index (χ0) is 12.3. The van der Waals surface area contributed by atoms with Crippen LogP contribution in [0.2, 0.25) is 0 Å². The molecule has 0 amide bonds. The van der Waals surface area contributed by atoms with E-state index in [0.29, 0.717) is 17.1 Å². The summed E-state index contributed by atoms with van der Waals surface area (Å²) in [6.45, 7) is 0.206. The Balaban J connectivity index is 2.66. The Hall–Kier alpha value is -1.28. The monoisotopic (exact) mass is 238 g/mol. The average Bonchev–Trinajstić information content (AvgIpc) is 2.39. The Labute approximate surface area is 90.3 Å². The molecule has 0 spiro atoms. The van der Waals surface area contributed by atoms with Crippen LogP contribution in [-0.4, -0.2) is 22.6 Å². The van der Waals surface area contributed by atoms with Gasteiger partial charge in [0.25, 0.3) is 0 Å². The highest BCUT2D eigenvalue weighted by Gasteiger charge is 2.27. The number of nitrogens with one attached hydrogen (secondary N) is 1. The Bertz CT molecular complexity index is 361. The molecule has 1 aromatic rings. The quantitative estimate of drug-likeness (QED) is 0.608. The van der Waals surface area contributed by atoms with Crippen molar-refractivity contribution in [2.45, 2.75) is 19.7 Å². The topological polar surface area (TPSA) is 65.1 Å². The molecule has 0 saturated carbocycles. The van der Waals surface area contributed by atoms with Gasteiger partial charge in [0.2, 0.25) is 0 Å². The summed E-state index contributed by atoms with van der Waals surface area (Å²) >= 11 is 0. The van der Waals surface area contributed by atoms with Crippen molar-refractivity contribution < 1.29 is 17.9 Å². The highest BCUT2D eigenvalue weighted by atomic mass is 19.4. The van der Waals surface area contributed by atoms with Crippen LogP contribution in [0.25, 0.3) is 0 Å². The second-order valence-electron chi connectivity index (χ2n) is 3.29. The normalized spacial score (nSPS) is 11.9. The summed E-state index contributed by atoms with van der Waals surface area (Å²) in [4.78, 5) is 0. The lowest BCUT2D eigenvalue weighted by Gasteiger charge is -2.08. The fourth-order valence-electron chi connectivity index (χ4n) is 1.32. The molecule has 16 heavy (non-hydrogen) atoms. The smallest absolute Gasteiger partial charge is 0.367 e. The number of rotatable bonds is 4. The summed E-state index contributed by atoms with van der Waals surface area (Å²) in [5.41, 5.74) is 3.48. The molecule has 0 saturated heterocycles. The summed E-state index contributed by atoms with van der Waals surface area (Å²) < 4.78 is 41.6. The SMILES string of the molecule is Cc1nn(C)c(NN)c1COCC(F)(F)F. The number of nitrogens with two attached hydrogens (primary N) is 1. The molecular weight excluding hydrogens is 225 g/mol. The van der Waals surface area contributed by atoms with E-state index in [1.807, 2.05) is 0 Å². The largest absolute Gasteiger partial charge is 0.411 e. The van der Waals surface area contributed by atoms with E-state index in [0.717, 1.165) is 0 Å². The molecule has 0 aromatic carbocycles. The number of hydrogen-bond acceptors (Lipinski definition) is 4. The predicted molar refractivity (Wildman–Crippen MR) is 51.5 cm³/mol. The molecule has 0 radical (unpaired) electrons. The molecule has 0 bridgehead atoms. The minimum atomic E-state index is -4.33.